The van der Waals surface area contributed by atoms with Crippen molar-refractivity contribution >= 4 is 23.2 Å². The zero-order chi connectivity index (χ0) is 18.0. The molecule has 0 unspecified atom stereocenters. The maximum Gasteiger partial charge on any atom is 0.265 e. The highest BCUT2D eigenvalue weighted by Crippen LogP contribution is 2.29. The lowest BCUT2D eigenvalue weighted by molar-refractivity contribution is -0.123. The zero-order valence-corrected chi connectivity index (χ0v) is 14.7. The van der Waals surface area contributed by atoms with Gasteiger partial charge in [0.25, 0.3) is 5.91 Å². The van der Waals surface area contributed by atoms with Gasteiger partial charge in [0.2, 0.25) is 5.91 Å². The maximum atomic E-state index is 12.5. The highest BCUT2D eigenvalue weighted by Gasteiger charge is 2.26. The first-order valence-electron chi connectivity index (χ1n) is 8.27. The van der Waals surface area contributed by atoms with Crippen LogP contribution in [0.1, 0.15) is 26.3 Å². The fourth-order valence-corrected chi connectivity index (χ4v) is 2.73. The lowest BCUT2D eigenvalue weighted by Crippen LogP contribution is -2.44. The molecule has 5 nitrogen and oxygen atoms in total. The van der Waals surface area contributed by atoms with Gasteiger partial charge in [0.05, 0.1) is 11.4 Å². The molecule has 1 N–H and O–H groups in total. The first-order chi connectivity index (χ1) is 11.8. The number of fused-ring (bicyclic) bond motifs is 1. The minimum absolute atomic E-state index is 0.00215. The molecule has 0 bridgehead atoms. The molecule has 0 spiro atoms. The van der Waals surface area contributed by atoms with E-state index in [1.54, 1.807) is 6.07 Å². The van der Waals surface area contributed by atoms with Gasteiger partial charge in [-0.05, 0) is 35.2 Å². The topological polar surface area (TPSA) is 58.6 Å². The van der Waals surface area contributed by atoms with Crippen LogP contribution in [-0.4, -0.2) is 25.0 Å². The lowest BCUT2D eigenvalue weighted by atomic mass is 9.87. The van der Waals surface area contributed by atoms with E-state index >= 15 is 0 Å². The van der Waals surface area contributed by atoms with Crippen molar-refractivity contribution < 1.29 is 14.3 Å². The van der Waals surface area contributed by atoms with Crippen LogP contribution in [0, 0.1) is 0 Å². The number of nitrogens with zero attached hydrogens (tertiary/aromatic N) is 1. The molecule has 25 heavy (non-hydrogen) atoms. The molecule has 0 saturated heterocycles. The van der Waals surface area contributed by atoms with Gasteiger partial charge in [-0.15, -0.1) is 0 Å². The van der Waals surface area contributed by atoms with Gasteiger partial charge < -0.3 is 10.1 Å². The molecule has 1 aliphatic rings. The lowest BCUT2D eigenvalue weighted by Gasteiger charge is -2.29. The Morgan fingerprint density at radius 1 is 1.12 bits per heavy atom. The van der Waals surface area contributed by atoms with E-state index in [0.717, 1.165) is 0 Å². The molecular formula is C20H22N2O3. The summed E-state index contributed by atoms with van der Waals surface area (Å²) in [7, 11) is 0. The van der Waals surface area contributed by atoms with E-state index in [4.69, 9.17) is 4.74 Å². The Kier molecular flexibility index (Phi) is 4.49. The molecule has 0 fully saturated rings. The van der Waals surface area contributed by atoms with Crippen molar-refractivity contribution in [3.8, 4) is 5.75 Å². The molecule has 0 saturated carbocycles. The van der Waals surface area contributed by atoms with E-state index < -0.39 is 0 Å². The second-order valence-electron chi connectivity index (χ2n) is 7.11. The maximum absolute atomic E-state index is 12.5. The summed E-state index contributed by atoms with van der Waals surface area (Å²) >= 11 is 0. The van der Waals surface area contributed by atoms with Crippen LogP contribution in [0.4, 0.5) is 11.4 Å². The normalized spacial score (nSPS) is 13.9. The number of rotatable bonds is 3. The van der Waals surface area contributed by atoms with Crippen molar-refractivity contribution in [1.29, 1.82) is 0 Å². The molecule has 5 heteroatoms. The van der Waals surface area contributed by atoms with Crippen LogP contribution in [0.15, 0.2) is 48.5 Å². The van der Waals surface area contributed by atoms with Crippen molar-refractivity contribution in [2.45, 2.75) is 26.2 Å². The van der Waals surface area contributed by atoms with Crippen molar-refractivity contribution in [3.63, 3.8) is 0 Å². The van der Waals surface area contributed by atoms with Crippen LogP contribution in [0.25, 0.3) is 0 Å². The average molecular weight is 338 g/mol. The standard InChI is InChI=1S/C20H22N2O3/c1-20(2,3)14-8-10-15(11-9-14)25-13-19(24)22-12-18(23)21-16-6-4-5-7-17(16)22/h4-11H,12-13H2,1-3H3,(H,21,23). The number of amides is 2. The van der Waals surface area contributed by atoms with Gasteiger partial charge in [-0.2, -0.15) is 0 Å². The SMILES string of the molecule is CC(C)(C)c1ccc(OCC(=O)N2CC(=O)Nc3ccccc32)cc1. The summed E-state index contributed by atoms with van der Waals surface area (Å²) in [6.45, 7) is 6.32. The second-order valence-corrected chi connectivity index (χ2v) is 7.11. The molecular weight excluding hydrogens is 316 g/mol. The highest BCUT2D eigenvalue weighted by molar-refractivity contribution is 6.10. The Bertz CT molecular complexity index is 791. The number of ether oxygens (including phenoxy) is 1. The van der Waals surface area contributed by atoms with E-state index in [9.17, 15) is 9.59 Å². The summed E-state index contributed by atoms with van der Waals surface area (Å²) in [5, 5.41) is 2.77. The first-order valence-corrected chi connectivity index (χ1v) is 8.27. The Balaban J connectivity index is 1.68. The number of anilines is 2. The molecule has 1 aliphatic heterocycles. The third kappa shape index (κ3) is 3.82. The number of carbonyl (C=O) groups excluding carboxylic acids is 2. The number of hydrogen-bond donors (Lipinski definition) is 1. The molecule has 3 rings (SSSR count). The summed E-state index contributed by atoms with van der Waals surface area (Å²) in [4.78, 5) is 25.8. The Hall–Kier alpha value is -2.82. The molecule has 130 valence electrons. The smallest absolute Gasteiger partial charge is 0.265 e. The van der Waals surface area contributed by atoms with Crippen molar-refractivity contribution in [1.82, 2.24) is 0 Å². The fraction of sp³-hybridized carbons (Fsp3) is 0.300. The summed E-state index contributed by atoms with van der Waals surface area (Å²) in [5.74, 6) is 0.180. The van der Waals surface area contributed by atoms with Crippen molar-refractivity contribution in [2.75, 3.05) is 23.4 Å². The molecule has 0 aromatic heterocycles. The Labute approximate surface area is 147 Å². The number of carbonyl (C=O) groups is 2. The van der Waals surface area contributed by atoms with Crippen LogP contribution in [-0.2, 0) is 15.0 Å². The minimum atomic E-state index is -0.248. The van der Waals surface area contributed by atoms with Crippen molar-refractivity contribution in [2.24, 2.45) is 0 Å². The second kappa shape index (κ2) is 6.59. The van der Waals surface area contributed by atoms with Gasteiger partial charge in [0, 0.05) is 0 Å². The summed E-state index contributed by atoms with van der Waals surface area (Å²) in [6.07, 6.45) is 0. The van der Waals surface area contributed by atoms with Crippen LogP contribution < -0.4 is 15.0 Å². The molecule has 0 radical (unpaired) electrons. The fourth-order valence-electron chi connectivity index (χ4n) is 2.73. The average Bonchev–Trinajstić information content (AvgIpc) is 2.58. The van der Waals surface area contributed by atoms with Crippen LogP contribution in [0.5, 0.6) is 5.75 Å². The summed E-state index contributed by atoms with van der Waals surface area (Å²) < 4.78 is 5.62. The third-order valence-electron chi connectivity index (χ3n) is 4.15. The molecule has 0 atom stereocenters. The number of nitrogens with one attached hydrogen (secondary N) is 1. The largest absolute Gasteiger partial charge is 0.484 e. The molecule has 0 aliphatic carbocycles. The van der Waals surface area contributed by atoms with E-state index in [2.05, 4.69) is 26.1 Å². The van der Waals surface area contributed by atoms with Gasteiger partial charge in [0.15, 0.2) is 6.61 Å². The van der Waals surface area contributed by atoms with E-state index in [-0.39, 0.29) is 30.4 Å². The summed E-state index contributed by atoms with van der Waals surface area (Å²) in [6, 6.07) is 15.0. The van der Waals surface area contributed by atoms with Gasteiger partial charge in [-0.1, -0.05) is 45.0 Å². The predicted octanol–water partition coefficient (Wildman–Crippen LogP) is 3.35. The van der Waals surface area contributed by atoms with E-state index in [0.29, 0.717) is 17.1 Å². The van der Waals surface area contributed by atoms with Crippen LogP contribution in [0.2, 0.25) is 0 Å². The van der Waals surface area contributed by atoms with Gasteiger partial charge in [-0.25, -0.2) is 0 Å². The monoisotopic (exact) mass is 338 g/mol. The predicted molar refractivity (Wildman–Crippen MR) is 98.1 cm³/mol. The first kappa shape index (κ1) is 17.0. The quantitative estimate of drug-likeness (QED) is 0.934. The molecule has 2 aromatic rings. The van der Waals surface area contributed by atoms with Crippen LogP contribution >= 0.6 is 0 Å². The van der Waals surface area contributed by atoms with Gasteiger partial charge in [-0.3, -0.25) is 14.5 Å². The van der Waals surface area contributed by atoms with Crippen LogP contribution in [0.3, 0.4) is 0 Å². The molecule has 2 amide bonds. The van der Waals surface area contributed by atoms with Crippen molar-refractivity contribution in [3.05, 3.63) is 54.1 Å². The summed E-state index contributed by atoms with van der Waals surface area (Å²) in [5.41, 5.74) is 2.60. The number of para-hydroxylation sites is 2. The zero-order valence-electron chi connectivity index (χ0n) is 14.7. The third-order valence-corrected chi connectivity index (χ3v) is 4.15. The Morgan fingerprint density at radius 2 is 1.80 bits per heavy atom. The number of hydrogen-bond acceptors (Lipinski definition) is 3. The highest BCUT2D eigenvalue weighted by atomic mass is 16.5. The van der Waals surface area contributed by atoms with Gasteiger partial charge >= 0.3 is 0 Å². The van der Waals surface area contributed by atoms with E-state index in [1.165, 1.54) is 10.5 Å². The minimum Gasteiger partial charge on any atom is -0.484 e. The Morgan fingerprint density at radius 3 is 2.48 bits per heavy atom. The molecule has 1 heterocycles. The van der Waals surface area contributed by atoms with E-state index in [1.807, 2.05) is 42.5 Å². The van der Waals surface area contributed by atoms with Gasteiger partial charge in [0.1, 0.15) is 12.3 Å². The number of benzene rings is 2. The molecule has 2 aromatic carbocycles.